The number of hydrogen-bond donors (Lipinski definition) is 2. The smallest absolute Gasteiger partial charge is 0.271 e. The number of pyridine rings is 1. The van der Waals surface area contributed by atoms with Gasteiger partial charge >= 0.3 is 0 Å². The zero-order valence-corrected chi connectivity index (χ0v) is 11.6. The second kappa shape index (κ2) is 6.21. The minimum absolute atomic E-state index is 0.0492. The summed E-state index contributed by atoms with van der Waals surface area (Å²) in [7, 11) is 0. The SMILES string of the molecule is O=C(NCCNC(=O)C1CC1)c1nc(Cl)ccc1Cl. The van der Waals surface area contributed by atoms with E-state index in [0.29, 0.717) is 13.1 Å². The van der Waals surface area contributed by atoms with E-state index in [0.717, 1.165) is 12.8 Å². The highest BCUT2D eigenvalue weighted by Gasteiger charge is 2.29. The van der Waals surface area contributed by atoms with Crippen LogP contribution in [0.5, 0.6) is 0 Å². The number of halogens is 2. The molecule has 1 aliphatic rings. The maximum absolute atomic E-state index is 11.8. The second-order valence-electron chi connectivity index (χ2n) is 4.29. The monoisotopic (exact) mass is 301 g/mol. The molecule has 1 heterocycles. The molecule has 1 aromatic rings. The van der Waals surface area contributed by atoms with Gasteiger partial charge in [-0.05, 0) is 25.0 Å². The molecule has 7 heteroatoms. The van der Waals surface area contributed by atoms with Gasteiger partial charge in [-0.3, -0.25) is 9.59 Å². The Bertz CT molecular complexity index is 504. The zero-order chi connectivity index (χ0) is 13.8. The van der Waals surface area contributed by atoms with Gasteiger partial charge in [0.25, 0.3) is 5.91 Å². The van der Waals surface area contributed by atoms with Crippen molar-refractivity contribution in [1.82, 2.24) is 15.6 Å². The lowest BCUT2D eigenvalue weighted by Gasteiger charge is -2.07. The Morgan fingerprint density at radius 3 is 2.58 bits per heavy atom. The van der Waals surface area contributed by atoms with Crippen molar-refractivity contribution in [3.05, 3.63) is 28.0 Å². The molecule has 2 amide bonds. The molecule has 0 radical (unpaired) electrons. The summed E-state index contributed by atoms with van der Waals surface area (Å²) >= 11 is 11.6. The first-order valence-corrected chi connectivity index (χ1v) is 6.71. The van der Waals surface area contributed by atoms with Crippen LogP contribution in [-0.2, 0) is 4.79 Å². The minimum Gasteiger partial charge on any atom is -0.354 e. The maximum Gasteiger partial charge on any atom is 0.271 e. The first-order chi connectivity index (χ1) is 9.08. The number of carbonyl (C=O) groups excluding carboxylic acids is 2. The maximum atomic E-state index is 11.8. The molecule has 0 atom stereocenters. The molecule has 19 heavy (non-hydrogen) atoms. The van der Waals surface area contributed by atoms with Crippen LogP contribution in [0.4, 0.5) is 0 Å². The van der Waals surface area contributed by atoms with Gasteiger partial charge in [-0.2, -0.15) is 0 Å². The van der Waals surface area contributed by atoms with Crippen LogP contribution in [0, 0.1) is 5.92 Å². The van der Waals surface area contributed by atoms with Crippen molar-refractivity contribution in [1.29, 1.82) is 0 Å². The Morgan fingerprint density at radius 2 is 1.89 bits per heavy atom. The number of nitrogens with one attached hydrogen (secondary N) is 2. The zero-order valence-electron chi connectivity index (χ0n) is 10.1. The van der Waals surface area contributed by atoms with E-state index in [-0.39, 0.29) is 27.7 Å². The van der Waals surface area contributed by atoms with Gasteiger partial charge in [0.05, 0.1) is 5.02 Å². The largest absolute Gasteiger partial charge is 0.354 e. The lowest BCUT2D eigenvalue weighted by molar-refractivity contribution is -0.122. The third kappa shape index (κ3) is 4.08. The Labute approximate surface area is 120 Å². The lowest BCUT2D eigenvalue weighted by atomic mass is 10.3. The molecule has 102 valence electrons. The van der Waals surface area contributed by atoms with Gasteiger partial charge in [-0.25, -0.2) is 4.98 Å². The fourth-order valence-corrected chi connectivity index (χ4v) is 1.85. The highest BCUT2D eigenvalue weighted by atomic mass is 35.5. The molecule has 0 unspecified atom stereocenters. The van der Waals surface area contributed by atoms with Crippen molar-refractivity contribution in [2.24, 2.45) is 5.92 Å². The van der Waals surface area contributed by atoms with Gasteiger partial charge in [0, 0.05) is 19.0 Å². The summed E-state index contributed by atoms with van der Waals surface area (Å²) in [6.45, 7) is 0.709. The molecule has 2 N–H and O–H groups in total. The van der Waals surface area contributed by atoms with Gasteiger partial charge in [0.1, 0.15) is 10.8 Å². The molecule has 0 saturated heterocycles. The average molecular weight is 302 g/mol. The molecule has 0 aliphatic heterocycles. The van der Waals surface area contributed by atoms with Crippen LogP contribution in [0.1, 0.15) is 23.3 Å². The van der Waals surface area contributed by atoms with Crippen LogP contribution in [-0.4, -0.2) is 29.9 Å². The molecule has 0 aromatic carbocycles. The van der Waals surface area contributed by atoms with Crippen LogP contribution < -0.4 is 10.6 Å². The Kier molecular flexibility index (Phi) is 4.61. The molecule has 0 spiro atoms. The van der Waals surface area contributed by atoms with Crippen LogP contribution in [0.3, 0.4) is 0 Å². The molecule has 1 fully saturated rings. The first kappa shape index (κ1) is 14.1. The Morgan fingerprint density at radius 1 is 1.21 bits per heavy atom. The quantitative estimate of drug-likeness (QED) is 0.641. The van der Waals surface area contributed by atoms with Crippen molar-refractivity contribution < 1.29 is 9.59 Å². The number of rotatable bonds is 5. The van der Waals surface area contributed by atoms with Gasteiger partial charge in [-0.15, -0.1) is 0 Å². The number of carbonyl (C=O) groups is 2. The fraction of sp³-hybridized carbons (Fsp3) is 0.417. The van der Waals surface area contributed by atoms with Crippen LogP contribution in [0.2, 0.25) is 10.2 Å². The third-order valence-electron chi connectivity index (χ3n) is 2.69. The summed E-state index contributed by atoms with van der Waals surface area (Å²) in [5, 5.41) is 5.81. The van der Waals surface area contributed by atoms with Crippen LogP contribution >= 0.6 is 23.2 Å². The summed E-state index contributed by atoms with van der Waals surface area (Å²) in [5.41, 5.74) is 0.0858. The highest BCUT2D eigenvalue weighted by Crippen LogP contribution is 2.28. The van der Waals surface area contributed by atoms with E-state index in [1.165, 1.54) is 12.1 Å². The number of amides is 2. The summed E-state index contributed by atoms with van der Waals surface area (Å²) in [4.78, 5) is 27.0. The topological polar surface area (TPSA) is 71.1 Å². The van der Waals surface area contributed by atoms with E-state index >= 15 is 0 Å². The van der Waals surface area contributed by atoms with Crippen molar-refractivity contribution in [2.75, 3.05) is 13.1 Å². The summed E-state index contributed by atoms with van der Waals surface area (Å²) in [5.74, 6) is -0.193. The van der Waals surface area contributed by atoms with Gasteiger partial charge in [0.2, 0.25) is 5.91 Å². The summed E-state index contributed by atoms with van der Waals surface area (Å²) < 4.78 is 0. The molecule has 2 rings (SSSR count). The molecule has 0 bridgehead atoms. The standard InChI is InChI=1S/C12H13Cl2N3O2/c13-8-3-4-9(14)17-10(8)12(19)16-6-5-15-11(18)7-1-2-7/h3-4,7H,1-2,5-6H2,(H,15,18)(H,16,19). The van der Waals surface area contributed by atoms with Crippen LogP contribution in [0.25, 0.3) is 0 Å². The molecule has 1 aliphatic carbocycles. The van der Waals surface area contributed by atoms with E-state index in [1.54, 1.807) is 0 Å². The molecule has 1 aromatic heterocycles. The van der Waals surface area contributed by atoms with Gasteiger partial charge in [0.15, 0.2) is 0 Å². The summed E-state index contributed by atoms with van der Waals surface area (Å²) in [6, 6.07) is 3.02. The predicted octanol–water partition coefficient (Wildman–Crippen LogP) is 1.64. The Hall–Kier alpha value is -1.33. The van der Waals surface area contributed by atoms with Crippen molar-refractivity contribution >= 4 is 35.0 Å². The number of aromatic nitrogens is 1. The predicted molar refractivity (Wildman–Crippen MR) is 72.3 cm³/mol. The van der Waals surface area contributed by atoms with Crippen molar-refractivity contribution in [3.8, 4) is 0 Å². The lowest BCUT2D eigenvalue weighted by Crippen LogP contribution is -2.35. The second-order valence-corrected chi connectivity index (χ2v) is 5.08. The average Bonchev–Trinajstić information content (AvgIpc) is 3.21. The van der Waals surface area contributed by atoms with Crippen molar-refractivity contribution in [3.63, 3.8) is 0 Å². The van der Waals surface area contributed by atoms with E-state index in [4.69, 9.17) is 23.2 Å². The minimum atomic E-state index is -0.409. The molecular weight excluding hydrogens is 289 g/mol. The Balaban J connectivity index is 1.77. The van der Waals surface area contributed by atoms with E-state index in [2.05, 4.69) is 15.6 Å². The van der Waals surface area contributed by atoms with Gasteiger partial charge < -0.3 is 10.6 Å². The van der Waals surface area contributed by atoms with Gasteiger partial charge in [-0.1, -0.05) is 23.2 Å². The molecule has 1 saturated carbocycles. The van der Waals surface area contributed by atoms with E-state index in [9.17, 15) is 9.59 Å². The normalized spacial score (nSPS) is 14.0. The first-order valence-electron chi connectivity index (χ1n) is 5.96. The number of nitrogens with zero attached hydrogens (tertiary/aromatic N) is 1. The summed E-state index contributed by atoms with van der Waals surface area (Å²) in [6.07, 6.45) is 1.92. The van der Waals surface area contributed by atoms with E-state index < -0.39 is 5.91 Å². The van der Waals surface area contributed by atoms with Crippen molar-refractivity contribution in [2.45, 2.75) is 12.8 Å². The van der Waals surface area contributed by atoms with E-state index in [1.807, 2.05) is 0 Å². The molecule has 5 nitrogen and oxygen atoms in total. The number of hydrogen-bond acceptors (Lipinski definition) is 3. The third-order valence-corrected chi connectivity index (χ3v) is 3.20. The fourth-order valence-electron chi connectivity index (χ4n) is 1.51. The molecular formula is C12H13Cl2N3O2. The highest BCUT2D eigenvalue weighted by molar-refractivity contribution is 6.34. The van der Waals surface area contributed by atoms with Crippen LogP contribution in [0.15, 0.2) is 12.1 Å².